The van der Waals surface area contributed by atoms with Gasteiger partial charge in [0.25, 0.3) is 5.91 Å². The summed E-state index contributed by atoms with van der Waals surface area (Å²) in [7, 11) is 2.13. The molecular formula is C25H30N2O. The lowest BCUT2D eigenvalue weighted by molar-refractivity contribution is -0.148. The Hall–Kier alpha value is -2.03. The molecule has 1 unspecified atom stereocenters. The molecule has 0 N–H and O–H groups in total. The largest absolute Gasteiger partial charge is 0.350 e. The van der Waals surface area contributed by atoms with Crippen LogP contribution in [0.1, 0.15) is 64.0 Å². The molecule has 4 saturated carbocycles. The number of nitrogens with zero attached hydrogens (tertiary/aromatic N) is 2. The van der Waals surface area contributed by atoms with Crippen LogP contribution in [-0.2, 0) is 11.8 Å². The maximum absolute atomic E-state index is 13.6. The predicted molar refractivity (Wildman–Crippen MR) is 112 cm³/mol. The highest BCUT2D eigenvalue weighted by Crippen LogP contribution is 2.61. The summed E-state index contributed by atoms with van der Waals surface area (Å²) in [5.74, 6) is 2.83. The molecule has 3 nitrogen and oxygen atoms in total. The molecule has 3 heteroatoms. The monoisotopic (exact) mass is 374 g/mol. The van der Waals surface area contributed by atoms with E-state index in [1.807, 2.05) is 0 Å². The number of aromatic nitrogens is 1. The van der Waals surface area contributed by atoms with Gasteiger partial charge in [0, 0.05) is 40.8 Å². The van der Waals surface area contributed by atoms with Crippen molar-refractivity contribution in [2.24, 2.45) is 24.8 Å². The van der Waals surface area contributed by atoms with E-state index in [0.717, 1.165) is 23.3 Å². The van der Waals surface area contributed by atoms with Crippen molar-refractivity contribution in [3.05, 3.63) is 47.2 Å². The van der Waals surface area contributed by atoms with E-state index in [0.29, 0.717) is 5.91 Å². The SMILES string of the molecule is CC1=C(C)C(c2cn(C)c3ccccc23)N(C23CC4CC(CC(C4)C2)C3)C1=O. The second-order valence-electron chi connectivity index (χ2n) is 10.2. The Morgan fingerprint density at radius 2 is 1.57 bits per heavy atom. The molecular weight excluding hydrogens is 344 g/mol. The van der Waals surface area contributed by atoms with E-state index in [9.17, 15) is 4.79 Å². The van der Waals surface area contributed by atoms with Crippen molar-refractivity contribution < 1.29 is 4.79 Å². The van der Waals surface area contributed by atoms with E-state index < -0.39 is 0 Å². The van der Waals surface area contributed by atoms with Gasteiger partial charge in [-0.1, -0.05) is 18.2 Å². The number of amides is 1. The van der Waals surface area contributed by atoms with Gasteiger partial charge in [0.15, 0.2) is 0 Å². The van der Waals surface area contributed by atoms with Crippen LogP contribution in [0.2, 0.25) is 0 Å². The first-order valence-electron chi connectivity index (χ1n) is 11.0. The zero-order valence-corrected chi connectivity index (χ0v) is 17.2. The first-order valence-corrected chi connectivity index (χ1v) is 11.0. The van der Waals surface area contributed by atoms with Crippen LogP contribution in [0.3, 0.4) is 0 Å². The van der Waals surface area contributed by atoms with Gasteiger partial charge in [-0.3, -0.25) is 4.79 Å². The zero-order chi connectivity index (χ0) is 19.2. The molecule has 7 rings (SSSR count). The first-order chi connectivity index (χ1) is 13.5. The van der Waals surface area contributed by atoms with Crippen molar-refractivity contribution >= 4 is 16.8 Å². The summed E-state index contributed by atoms with van der Waals surface area (Å²) >= 11 is 0. The highest BCUT2D eigenvalue weighted by Gasteiger charge is 2.58. The maximum Gasteiger partial charge on any atom is 0.250 e. The molecule has 4 fully saturated rings. The van der Waals surface area contributed by atoms with Gasteiger partial charge in [-0.25, -0.2) is 0 Å². The molecule has 4 bridgehead atoms. The van der Waals surface area contributed by atoms with Crippen molar-refractivity contribution in [3.63, 3.8) is 0 Å². The van der Waals surface area contributed by atoms with Gasteiger partial charge in [-0.15, -0.1) is 0 Å². The molecule has 28 heavy (non-hydrogen) atoms. The topological polar surface area (TPSA) is 25.2 Å². The third kappa shape index (κ3) is 2.08. The van der Waals surface area contributed by atoms with E-state index in [1.165, 1.54) is 60.6 Å². The standard InChI is InChI=1S/C25H30N2O/c1-15-16(2)24(28)27(25-11-17-8-18(12-25)10-19(9-17)13-25)23(15)21-14-26(3)22-7-5-4-6-20(21)22/h4-7,14,17-19,23H,8-13H2,1-3H3. The van der Waals surface area contributed by atoms with Gasteiger partial charge in [0.2, 0.25) is 0 Å². The van der Waals surface area contributed by atoms with E-state index in [2.05, 4.69) is 60.8 Å². The van der Waals surface area contributed by atoms with Crippen LogP contribution in [0.25, 0.3) is 10.9 Å². The van der Waals surface area contributed by atoms with E-state index in [4.69, 9.17) is 0 Å². The molecule has 1 aromatic heterocycles. The van der Waals surface area contributed by atoms with Crippen LogP contribution >= 0.6 is 0 Å². The Kier molecular flexibility index (Phi) is 3.33. The van der Waals surface area contributed by atoms with Crippen LogP contribution in [0, 0.1) is 17.8 Å². The number of hydrogen-bond acceptors (Lipinski definition) is 1. The smallest absolute Gasteiger partial charge is 0.250 e. The summed E-state index contributed by atoms with van der Waals surface area (Å²) < 4.78 is 2.23. The second kappa shape index (κ2) is 5.52. The van der Waals surface area contributed by atoms with Crippen molar-refractivity contribution in [1.82, 2.24) is 9.47 Å². The van der Waals surface area contributed by atoms with Crippen molar-refractivity contribution in [1.29, 1.82) is 0 Å². The Bertz CT molecular complexity index is 991. The highest BCUT2D eigenvalue weighted by molar-refractivity contribution is 5.99. The van der Waals surface area contributed by atoms with Crippen LogP contribution in [0.4, 0.5) is 0 Å². The Balaban J connectivity index is 1.52. The van der Waals surface area contributed by atoms with E-state index in [-0.39, 0.29) is 11.6 Å². The lowest BCUT2D eigenvalue weighted by Crippen LogP contribution is -2.61. The summed E-state index contributed by atoms with van der Waals surface area (Å²) in [4.78, 5) is 16.0. The number of aryl methyl sites for hydroxylation is 1. The first kappa shape index (κ1) is 16.9. The average Bonchev–Trinajstić information content (AvgIpc) is 3.10. The van der Waals surface area contributed by atoms with Crippen molar-refractivity contribution in [2.75, 3.05) is 0 Å². The molecule has 5 aliphatic rings. The van der Waals surface area contributed by atoms with Crippen LogP contribution in [0.5, 0.6) is 0 Å². The molecule has 1 atom stereocenters. The average molecular weight is 375 g/mol. The van der Waals surface area contributed by atoms with Crippen LogP contribution in [-0.4, -0.2) is 20.9 Å². The lowest BCUT2D eigenvalue weighted by Gasteiger charge is -2.61. The number of carbonyl (C=O) groups excluding carboxylic acids is 1. The molecule has 1 aliphatic heterocycles. The molecule has 2 aromatic rings. The minimum atomic E-state index is 0.0897. The van der Waals surface area contributed by atoms with Crippen molar-refractivity contribution in [3.8, 4) is 0 Å². The number of carbonyl (C=O) groups is 1. The van der Waals surface area contributed by atoms with Gasteiger partial charge >= 0.3 is 0 Å². The summed E-state index contributed by atoms with van der Waals surface area (Å²) in [6.07, 6.45) is 10.2. The summed E-state index contributed by atoms with van der Waals surface area (Å²) in [6, 6.07) is 8.76. The maximum atomic E-state index is 13.6. The van der Waals surface area contributed by atoms with Gasteiger partial charge in [0.1, 0.15) is 0 Å². The molecule has 1 amide bonds. The molecule has 0 radical (unpaired) electrons. The fourth-order valence-corrected chi connectivity index (χ4v) is 7.68. The normalized spacial score (nSPS) is 37.0. The minimum Gasteiger partial charge on any atom is -0.350 e. The predicted octanol–water partition coefficient (Wildman–Crippen LogP) is 5.37. The number of benzene rings is 1. The fraction of sp³-hybridized carbons (Fsp3) is 0.560. The number of hydrogen-bond donors (Lipinski definition) is 0. The lowest BCUT2D eigenvalue weighted by atomic mass is 9.52. The molecule has 0 saturated heterocycles. The third-order valence-corrected chi connectivity index (χ3v) is 8.54. The van der Waals surface area contributed by atoms with Crippen LogP contribution in [0.15, 0.2) is 41.6 Å². The Morgan fingerprint density at radius 3 is 2.21 bits per heavy atom. The molecule has 1 aromatic carbocycles. The van der Waals surface area contributed by atoms with Crippen molar-refractivity contribution in [2.45, 2.75) is 64.0 Å². The number of fused-ring (bicyclic) bond motifs is 1. The molecule has 146 valence electrons. The Morgan fingerprint density at radius 1 is 0.964 bits per heavy atom. The van der Waals surface area contributed by atoms with E-state index in [1.54, 1.807) is 0 Å². The molecule has 0 spiro atoms. The quantitative estimate of drug-likeness (QED) is 0.694. The van der Waals surface area contributed by atoms with Crippen LogP contribution < -0.4 is 0 Å². The molecule has 4 aliphatic carbocycles. The fourth-order valence-electron chi connectivity index (χ4n) is 7.68. The highest BCUT2D eigenvalue weighted by atomic mass is 16.2. The number of para-hydroxylation sites is 1. The summed E-state index contributed by atoms with van der Waals surface area (Å²) in [5, 5.41) is 1.30. The van der Waals surface area contributed by atoms with Gasteiger partial charge in [0.05, 0.1) is 6.04 Å². The van der Waals surface area contributed by atoms with Gasteiger partial charge in [-0.05, 0) is 81.8 Å². The van der Waals surface area contributed by atoms with Gasteiger partial charge < -0.3 is 9.47 Å². The minimum absolute atomic E-state index is 0.0897. The Labute approximate surface area is 167 Å². The molecule has 2 heterocycles. The summed E-state index contributed by atoms with van der Waals surface area (Å²) in [6.45, 7) is 4.25. The third-order valence-electron chi connectivity index (χ3n) is 8.54. The zero-order valence-electron chi connectivity index (χ0n) is 17.2. The number of rotatable bonds is 2. The second-order valence-corrected chi connectivity index (χ2v) is 10.2. The summed E-state index contributed by atoms with van der Waals surface area (Å²) in [5.41, 5.74) is 4.90. The van der Waals surface area contributed by atoms with E-state index >= 15 is 0 Å². The van der Waals surface area contributed by atoms with Gasteiger partial charge in [-0.2, -0.15) is 0 Å².